The number of nitrogens with one attached hydrogen (secondary N) is 1. The van der Waals surface area contributed by atoms with Gasteiger partial charge in [0.25, 0.3) is 11.8 Å². The average Bonchev–Trinajstić information content (AvgIpc) is 3.25. The van der Waals surface area contributed by atoms with Gasteiger partial charge < -0.3 is 20.4 Å². The van der Waals surface area contributed by atoms with E-state index in [2.05, 4.69) is 5.32 Å². The molecule has 1 unspecified atom stereocenters. The van der Waals surface area contributed by atoms with Crippen LogP contribution in [0, 0.1) is 0 Å². The van der Waals surface area contributed by atoms with Crippen molar-refractivity contribution in [1.82, 2.24) is 4.90 Å². The standard InChI is InChI=1S/C17H19N3O3/c18-11-14-6-2-8-20(14)17(22)12-4-1-5-13(10-12)19-16(21)15-7-3-9-23-15/h1,3-5,7,9-10,14H,2,6,8,11,18H2,(H,19,21). The first-order chi connectivity index (χ1) is 11.2. The second kappa shape index (κ2) is 6.66. The Hall–Kier alpha value is -2.60. The normalized spacial score (nSPS) is 17.3. The average molecular weight is 313 g/mol. The van der Waals surface area contributed by atoms with Crippen LogP contribution in [0.3, 0.4) is 0 Å². The molecule has 2 amide bonds. The van der Waals surface area contributed by atoms with E-state index in [4.69, 9.17) is 10.2 Å². The number of nitrogens with two attached hydrogens (primary N) is 1. The van der Waals surface area contributed by atoms with Crippen LogP contribution < -0.4 is 11.1 Å². The van der Waals surface area contributed by atoms with E-state index in [9.17, 15) is 9.59 Å². The minimum Gasteiger partial charge on any atom is -0.459 e. The van der Waals surface area contributed by atoms with Crippen LogP contribution in [-0.4, -0.2) is 35.8 Å². The molecule has 1 atom stereocenters. The van der Waals surface area contributed by atoms with Gasteiger partial charge in [-0.15, -0.1) is 0 Å². The third kappa shape index (κ3) is 3.27. The van der Waals surface area contributed by atoms with Crippen molar-refractivity contribution in [3.05, 3.63) is 54.0 Å². The quantitative estimate of drug-likeness (QED) is 0.904. The molecular formula is C17H19N3O3. The first kappa shape index (κ1) is 15.3. The minimum absolute atomic E-state index is 0.0490. The van der Waals surface area contributed by atoms with Crippen molar-refractivity contribution in [1.29, 1.82) is 0 Å². The molecule has 1 aromatic carbocycles. The molecule has 6 heteroatoms. The van der Waals surface area contributed by atoms with Gasteiger partial charge in [-0.05, 0) is 43.2 Å². The smallest absolute Gasteiger partial charge is 0.291 e. The van der Waals surface area contributed by atoms with Crippen LogP contribution in [0.15, 0.2) is 47.1 Å². The summed E-state index contributed by atoms with van der Waals surface area (Å²) in [5, 5.41) is 2.73. The number of nitrogens with zero attached hydrogens (tertiary/aromatic N) is 1. The fourth-order valence-corrected chi connectivity index (χ4v) is 2.84. The number of hydrogen-bond acceptors (Lipinski definition) is 4. The van der Waals surface area contributed by atoms with E-state index in [0.29, 0.717) is 17.8 Å². The lowest BCUT2D eigenvalue weighted by atomic mass is 10.1. The van der Waals surface area contributed by atoms with Crippen LogP contribution in [0.1, 0.15) is 33.8 Å². The van der Waals surface area contributed by atoms with Gasteiger partial charge in [0.2, 0.25) is 0 Å². The van der Waals surface area contributed by atoms with Crippen LogP contribution in [0.4, 0.5) is 5.69 Å². The van der Waals surface area contributed by atoms with Crippen LogP contribution >= 0.6 is 0 Å². The molecule has 120 valence electrons. The minimum atomic E-state index is -0.347. The van der Waals surface area contributed by atoms with E-state index in [1.807, 2.05) is 4.90 Å². The highest BCUT2D eigenvalue weighted by Gasteiger charge is 2.28. The summed E-state index contributed by atoms with van der Waals surface area (Å²) in [6.07, 6.45) is 3.36. The Morgan fingerprint density at radius 1 is 1.30 bits per heavy atom. The zero-order valence-electron chi connectivity index (χ0n) is 12.7. The summed E-state index contributed by atoms with van der Waals surface area (Å²) in [6.45, 7) is 1.20. The monoisotopic (exact) mass is 313 g/mol. The van der Waals surface area contributed by atoms with Crippen molar-refractivity contribution < 1.29 is 14.0 Å². The summed E-state index contributed by atoms with van der Waals surface area (Å²) in [5.41, 5.74) is 6.83. The maximum Gasteiger partial charge on any atom is 0.291 e. The topological polar surface area (TPSA) is 88.6 Å². The molecule has 6 nitrogen and oxygen atoms in total. The molecule has 1 fully saturated rings. The number of anilines is 1. The molecule has 0 aliphatic carbocycles. The molecule has 23 heavy (non-hydrogen) atoms. The van der Waals surface area contributed by atoms with Crippen molar-refractivity contribution in [2.75, 3.05) is 18.4 Å². The second-order valence-corrected chi connectivity index (χ2v) is 5.54. The Morgan fingerprint density at radius 2 is 2.17 bits per heavy atom. The number of rotatable bonds is 4. The molecular weight excluding hydrogens is 294 g/mol. The first-order valence-corrected chi connectivity index (χ1v) is 7.65. The van der Waals surface area contributed by atoms with E-state index in [0.717, 1.165) is 19.4 Å². The van der Waals surface area contributed by atoms with Gasteiger partial charge in [0.05, 0.1) is 6.26 Å². The molecule has 1 aromatic heterocycles. The Bertz CT molecular complexity index is 697. The van der Waals surface area contributed by atoms with Gasteiger partial charge >= 0.3 is 0 Å². The third-order valence-electron chi connectivity index (χ3n) is 4.02. The first-order valence-electron chi connectivity index (χ1n) is 7.65. The summed E-state index contributed by atoms with van der Waals surface area (Å²) in [4.78, 5) is 26.4. The van der Waals surface area contributed by atoms with E-state index in [1.54, 1.807) is 36.4 Å². The maximum atomic E-state index is 12.6. The predicted molar refractivity (Wildman–Crippen MR) is 86.2 cm³/mol. The molecule has 0 spiro atoms. The molecule has 1 aliphatic heterocycles. The van der Waals surface area contributed by atoms with Crippen LogP contribution in [0.25, 0.3) is 0 Å². The zero-order chi connectivity index (χ0) is 16.2. The zero-order valence-corrected chi connectivity index (χ0v) is 12.7. The Kier molecular flexibility index (Phi) is 4.43. The van der Waals surface area contributed by atoms with Crippen LogP contribution in [0.5, 0.6) is 0 Å². The molecule has 2 heterocycles. The Labute approximate surface area is 134 Å². The van der Waals surface area contributed by atoms with Crippen molar-refractivity contribution in [3.8, 4) is 0 Å². The fraction of sp³-hybridized carbons (Fsp3) is 0.294. The largest absolute Gasteiger partial charge is 0.459 e. The SMILES string of the molecule is NCC1CCCN1C(=O)c1cccc(NC(=O)c2ccco2)c1. The molecule has 1 aliphatic rings. The van der Waals surface area contributed by atoms with Gasteiger partial charge in [-0.1, -0.05) is 6.07 Å². The van der Waals surface area contributed by atoms with Gasteiger partial charge in [0.15, 0.2) is 5.76 Å². The molecule has 0 radical (unpaired) electrons. The van der Waals surface area contributed by atoms with Gasteiger partial charge in [-0.2, -0.15) is 0 Å². The maximum absolute atomic E-state index is 12.6. The Morgan fingerprint density at radius 3 is 2.91 bits per heavy atom. The van der Waals surface area contributed by atoms with Crippen molar-refractivity contribution in [2.45, 2.75) is 18.9 Å². The van der Waals surface area contributed by atoms with Crippen LogP contribution in [0.2, 0.25) is 0 Å². The molecule has 2 aromatic rings. The van der Waals surface area contributed by atoms with E-state index in [-0.39, 0.29) is 23.6 Å². The fourth-order valence-electron chi connectivity index (χ4n) is 2.84. The van der Waals surface area contributed by atoms with E-state index >= 15 is 0 Å². The summed E-state index contributed by atoms with van der Waals surface area (Å²) in [5.74, 6) is -0.169. The van der Waals surface area contributed by atoms with E-state index < -0.39 is 0 Å². The summed E-state index contributed by atoms with van der Waals surface area (Å²) in [6, 6.07) is 10.2. The molecule has 3 rings (SSSR count). The van der Waals surface area contributed by atoms with Gasteiger partial charge in [-0.25, -0.2) is 0 Å². The predicted octanol–water partition coefficient (Wildman–Crippen LogP) is 2.10. The second-order valence-electron chi connectivity index (χ2n) is 5.54. The number of carbonyl (C=O) groups is 2. The number of hydrogen-bond donors (Lipinski definition) is 2. The highest BCUT2D eigenvalue weighted by atomic mass is 16.3. The number of carbonyl (C=O) groups excluding carboxylic acids is 2. The third-order valence-corrected chi connectivity index (χ3v) is 4.02. The highest BCUT2D eigenvalue weighted by Crippen LogP contribution is 2.21. The Balaban J connectivity index is 1.74. The van der Waals surface area contributed by atoms with E-state index in [1.165, 1.54) is 6.26 Å². The van der Waals surface area contributed by atoms with Crippen LogP contribution in [-0.2, 0) is 0 Å². The van der Waals surface area contributed by atoms with Gasteiger partial charge in [0.1, 0.15) is 0 Å². The summed E-state index contributed by atoms with van der Waals surface area (Å²) in [7, 11) is 0. The molecule has 1 saturated heterocycles. The summed E-state index contributed by atoms with van der Waals surface area (Å²) >= 11 is 0. The number of amides is 2. The lowest BCUT2D eigenvalue weighted by Crippen LogP contribution is -2.39. The summed E-state index contributed by atoms with van der Waals surface area (Å²) < 4.78 is 5.05. The number of furan rings is 1. The molecule has 0 bridgehead atoms. The van der Waals surface area contributed by atoms with Gasteiger partial charge in [-0.3, -0.25) is 9.59 Å². The molecule has 0 saturated carbocycles. The number of benzene rings is 1. The lowest BCUT2D eigenvalue weighted by Gasteiger charge is -2.23. The highest BCUT2D eigenvalue weighted by molar-refractivity contribution is 6.03. The van der Waals surface area contributed by atoms with Crippen molar-refractivity contribution in [2.24, 2.45) is 5.73 Å². The molecule has 3 N–H and O–H groups in total. The van der Waals surface area contributed by atoms with Crippen molar-refractivity contribution >= 4 is 17.5 Å². The number of likely N-dealkylation sites (tertiary alicyclic amines) is 1. The lowest BCUT2D eigenvalue weighted by molar-refractivity contribution is 0.0741. The van der Waals surface area contributed by atoms with Gasteiger partial charge in [0, 0.05) is 30.4 Å². The van der Waals surface area contributed by atoms with Crippen molar-refractivity contribution in [3.63, 3.8) is 0 Å².